The van der Waals surface area contributed by atoms with Gasteiger partial charge in [-0.05, 0) is 106 Å². The molecule has 294 valence electrons. The van der Waals surface area contributed by atoms with E-state index >= 15 is 0 Å². The molecule has 0 fully saturated rings. The van der Waals surface area contributed by atoms with Gasteiger partial charge in [-0.2, -0.15) is 0 Å². The number of fused-ring (bicyclic) bond motifs is 9. The average Bonchev–Trinajstić information content (AvgIpc) is 3.99. The van der Waals surface area contributed by atoms with Crippen LogP contribution in [0.5, 0.6) is 0 Å². The molecule has 9 aromatic carbocycles. The minimum atomic E-state index is 0.209. The van der Waals surface area contributed by atoms with Crippen LogP contribution < -0.4 is 0 Å². The maximum Gasteiger partial charge on any atom is 0.162 e. The molecular formula is C59H38N4. The summed E-state index contributed by atoms with van der Waals surface area (Å²) in [6.45, 7) is 0. The summed E-state index contributed by atoms with van der Waals surface area (Å²) in [6, 6.07) is 80.8. The van der Waals surface area contributed by atoms with E-state index in [0.29, 0.717) is 5.82 Å². The Balaban J connectivity index is 1.04. The second kappa shape index (κ2) is 14.1. The van der Waals surface area contributed by atoms with Gasteiger partial charge in [0.1, 0.15) is 5.65 Å². The summed E-state index contributed by atoms with van der Waals surface area (Å²) < 4.78 is 4.66. The number of hydrogen-bond acceptors (Lipinski definition) is 2. The summed E-state index contributed by atoms with van der Waals surface area (Å²) in [7, 11) is 0. The lowest BCUT2D eigenvalue weighted by Gasteiger charge is -2.14. The molecular weight excluding hydrogens is 765 g/mol. The summed E-state index contributed by atoms with van der Waals surface area (Å²) in [6.07, 6.45) is 0. The van der Waals surface area contributed by atoms with Crippen LogP contribution in [0.25, 0.3) is 100 Å². The number of hydrogen-bond donors (Lipinski definition) is 0. The molecule has 1 atom stereocenters. The molecule has 1 aliphatic rings. The Bertz CT molecular complexity index is 3720. The largest absolute Gasteiger partial charge is 0.309 e. The van der Waals surface area contributed by atoms with Crippen molar-refractivity contribution in [2.75, 3.05) is 0 Å². The molecule has 63 heavy (non-hydrogen) atoms. The van der Waals surface area contributed by atoms with Crippen molar-refractivity contribution in [3.05, 3.63) is 241 Å². The van der Waals surface area contributed by atoms with Crippen LogP contribution in [-0.4, -0.2) is 19.1 Å². The van der Waals surface area contributed by atoms with Gasteiger partial charge in [-0.1, -0.05) is 158 Å². The average molecular weight is 803 g/mol. The molecule has 0 aliphatic heterocycles. The maximum atomic E-state index is 5.55. The molecule has 13 rings (SSSR count). The van der Waals surface area contributed by atoms with Crippen LogP contribution in [0.2, 0.25) is 0 Å². The topological polar surface area (TPSA) is 35.6 Å². The second-order valence-electron chi connectivity index (χ2n) is 16.5. The normalized spacial score (nSPS) is 13.2. The number of aromatic nitrogens is 4. The van der Waals surface area contributed by atoms with Crippen LogP contribution >= 0.6 is 0 Å². The number of para-hydroxylation sites is 3. The van der Waals surface area contributed by atoms with Crippen molar-refractivity contribution in [1.82, 2.24) is 19.1 Å². The van der Waals surface area contributed by atoms with Gasteiger partial charge in [0.25, 0.3) is 0 Å². The predicted molar refractivity (Wildman–Crippen MR) is 260 cm³/mol. The fourth-order valence-electron chi connectivity index (χ4n) is 10.2. The van der Waals surface area contributed by atoms with Crippen LogP contribution in [0.4, 0.5) is 0 Å². The molecule has 0 bridgehead atoms. The van der Waals surface area contributed by atoms with Crippen LogP contribution in [0.15, 0.2) is 224 Å². The summed E-state index contributed by atoms with van der Waals surface area (Å²) in [5, 5.41) is 4.50. The third kappa shape index (κ3) is 5.55. The molecule has 0 spiro atoms. The zero-order valence-corrected chi connectivity index (χ0v) is 34.2. The lowest BCUT2D eigenvalue weighted by atomic mass is 9.89. The third-order valence-electron chi connectivity index (χ3n) is 13.0. The van der Waals surface area contributed by atoms with Crippen molar-refractivity contribution >= 4 is 43.7 Å². The first-order valence-corrected chi connectivity index (χ1v) is 21.6. The summed E-state index contributed by atoms with van der Waals surface area (Å²) in [4.78, 5) is 11.1. The van der Waals surface area contributed by atoms with Crippen molar-refractivity contribution < 1.29 is 0 Å². The number of rotatable bonds is 6. The van der Waals surface area contributed by atoms with E-state index < -0.39 is 0 Å². The van der Waals surface area contributed by atoms with E-state index in [1.807, 2.05) is 0 Å². The Kier molecular flexibility index (Phi) is 7.94. The number of benzene rings is 9. The molecule has 0 radical (unpaired) electrons. The van der Waals surface area contributed by atoms with Crippen molar-refractivity contribution in [3.8, 4) is 56.3 Å². The van der Waals surface area contributed by atoms with E-state index in [4.69, 9.17) is 9.97 Å². The van der Waals surface area contributed by atoms with E-state index in [1.54, 1.807) is 0 Å². The van der Waals surface area contributed by atoms with Crippen molar-refractivity contribution in [2.45, 2.75) is 5.92 Å². The monoisotopic (exact) mass is 802 g/mol. The van der Waals surface area contributed by atoms with Crippen molar-refractivity contribution in [1.29, 1.82) is 0 Å². The minimum Gasteiger partial charge on any atom is -0.309 e. The molecule has 0 amide bonds. The lowest BCUT2D eigenvalue weighted by Crippen LogP contribution is -1.99. The van der Waals surface area contributed by atoms with E-state index in [2.05, 4.69) is 234 Å². The van der Waals surface area contributed by atoms with Gasteiger partial charge in [-0.25, -0.2) is 9.97 Å². The first-order chi connectivity index (χ1) is 31.3. The number of nitrogens with zero attached hydrogens (tertiary/aromatic N) is 4. The van der Waals surface area contributed by atoms with Gasteiger partial charge in [-0.3, -0.25) is 4.57 Å². The predicted octanol–water partition coefficient (Wildman–Crippen LogP) is 14.8. The molecule has 3 aromatic heterocycles. The van der Waals surface area contributed by atoms with E-state index in [1.165, 1.54) is 44.3 Å². The summed E-state index contributed by atoms with van der Waals surface area (Å²) in [5.41, 5.74) is 18.3. The summed E-state index contributed by atoms with van der Waals surface area (Å²) >= 11 is 0. The first-order valence-electron chi connectivity index (χ1n) is 21.6. The molecule has 1 unspecified atom stereocenters. The second-order valence-corrected chi connectivity index (χ2v) is 16.5. The van der Waals surface area contributed by atoms with Gasteiger partial charge in [0.05, 0.1) is 27.6 Å². The highest BCUT2D eigenvalue weighted by atomic mass is 15.1. The molecule has 4 nitrogen and oxygen atoms in total. The quantitative estimate of drug-likeness (QED) is 0.168. The first kappa shape index (κ1) is 35.4. The fraction of sp³-hybridized carbons (Fsp3) is 0.0169. The third-order valence-corrected chi connectivity index (χ3v) is 13.0. The van der Waals surface area contributed by atoms with Gasteiger partial charge < -0.3 is 4.57 Å². The Morgan fingerprint density at radius 2 is 0.905 bits per heavy atom. The Morgan fingerprint density at radius 1 is 0.349 bits per heavy atom. The lowest BCUT2D eigenvalue weighted by molar-refractivity contribution is 1.02. The molecule has 0 saturated carbocycles. The Hall–Kier alpha value is -8.34. The molecule has 12 aromatic rings. The Morgan fingerprint density at radius 3 is 1.68 bits per heavy atom. The molecule has 0 saturated heterocycles. The highest BCUT2D eigenvalue weighted by Crippen LogP contribution is 2.49. The summed E-state index contributed by atoms with van der Waals surface area (Å²) in [5.74, 6) is 0.894. The SMILES string of the molecule is c1ccc(-c2nc(-c3ccc4c(c3)c3ccccc3n4-c3ccccc3)nc3c2c2cc(-c4ccc5c(c4)-c4ccccc4C5c4ccccc4)ccc2n3-c2ccccc2)cc1. The zero-order valence-electron chi connectivity index (χ0n) is 34.2. The molecule has 1 aliphatic carbocycles. The maximum absolute atomic E-state index is 5.55. The van der Waals surface area contributed by atoms with Crippen LogP contribution in [0.1, 0.15) is 22.6 Å². The van der Waals surface area contributed by atoms with Gasteiger partial charge in [0.15, 0.2) is 5.82 Å². The molecule has 0 N–H and O–H groups in total. The van der Waals surface area contributed by atoms with E-state index in [9.17, 15) is 0 Å². The van der Waals surface area contributed by atoms with Gasteiger partial charge >= 0.3 is 0 Å². The molecule has 4 heteroatoms. The Labute approximate surface area is 364 Å². The van der Waals surface area contributed by atoms with E-state index in [0.717, 1.165) is 66.6 Å². The minimum absolute atomic E-state index is 0.209. The van der Waals surface area contributed by atoms with Gasteiger partial charge in [0, 0.05) is 44.6 Å². The highest BCUT2D eigenvalue weighted by molar-refractivity contribution is 6.15. The standard InChI is InChI=1S/C59H38N4/c1-5-17-38(18-6-1)55-47-27-14-13-25-45(47)49-35-40(29-32-48(49)55)41-30-33-54-51(36-41)56-57(39-19-7-2-8-20-39)60-58(61-59(56)63(54)44-23-11-4-12-24-44)42-31-34-53-50(37-42)46-26-15-16-28-52(46)62(53)43-21-9-3-10-22-43/h1-37,55H. The van der Waals surface area contributed by atoms with Gasteiger partial charge in [0.2, 0.25) is 0 Å². The van der Waals surface area contributed by atoms with Crippen LogP contribution in [0.3, 0.4) is 0 Å². The fourth-order valence-corrected chi connectivity index (χ4v) is 10.2. The van der Waals surface area contributed by atoms with E-state index in [-0.39, 0.29) is 5.92 Å². The van der Waals surface area contributed by atoms with Crippen LogP contribution in [-0.2, 0) is 0 Å². The van der Waals surface area contributed by atoms with Crippen LogP contribution in [0, 0.1) is 0 Å². The van der Waals surface area contributed by atoms with Gasteiger partial charge in [-0.15, -0.1) is 0 Å². The smallest absolute Gasteiger partial charge is 0.162 e. The van der Waals surface area contributed by atoms with Crippen molar-refractivity contribution in [2.24, 2.45) is 0 Å². The molecule has 3 heterocycles. The highest BCUT2D eigenvalue weighted by Gasteiger charge is 2.30. The van der Waals surface area contributed by atoms with Crippen molar-refractivity contribution in [3.63, 3.8) is 0 Å². The zero-order chi connectivity index (χ0) is 41.4.